The molecule has 0 unspecified atom stereocenters. The van der Waals surface area contributed by atoms with Crippen molar-refractivity contribution in [2.45, 2.75) is 55.9 Å². The van der Waals surface area contributed by atoms with Gasteiger partial charge in [-0.3, -0.25) is 4.79 Å². The van der Waals surface area contributed by atoms with Crippen molar-refractivity contribution in [1.29, 1.82) is 0 Å². The van der Waals surface area contributed by atoms with Crippen molar-refractivity contribution < 1.29 is 13.2 Å². The quantitative estimate of drug-likeness (QED) is 0.774. The molecular weight excluding hydrogens is 360 g/mol. The van der Waals surface area contributed by atoms with Gasteiger partial charge in [-0.05, 0) is 87.5 Å². The number of sulfonamides is 1. The number of amides is 1. The number of nitrogens with zero attached hydrogens (tertiary/aromatic N) is 2. The number of carbonyl (C=O) groups excluding carboxylic acids is 1. The first-order valence-corrected chi connectivity index (χ1v) is 11.5. The van der Waals surface area contributed by atoms with Crippen LogP contribution in [0.4, 0.5) is 0 Å². The summed E-state index contributed by atoms with van der Waals surface area (Å²) in [5.74, 6) is 2.40. The predicted molar refractivity (Wildman–Crippen MR) is 105 cm³/mol. The summed E-state index contributed by atoms with van der Waals surface area (Å²) >= 11 is 0. The summed E-state index contributed by atoms with van der Waals surface area (Å²) in [5, 5.41) is 0. The average Bonchev–Trinajstić information content (AvgIpc) is 2.60. The van der Waals surface area contributed by atoms with Crippen molar-refractivity contribution in [3.05, 3.63) is 29.8 Å². The number of hydrogen-bond donors (Lipinski definition) is 0. The fraction of sp³-hybridized carbons (Fsp3) is 0.667. The molecule has 5 rings (SSSR count). The molecule has 0 spiro atoms. The lowest BCUT2D eigenvalue weighted by molar-refractivity contribution is -0.0731. The SMILES string of the molecule is CCN(C(=O)c1ccc(S(=O)(=O)N(C)C)cc1)C12CC3CC(CC(C3)C1)C2. The largest absolute Gasteiger partial charge is 0.333 e. The Kier molecular flexibility index (Phi) is 4.62. The van der Waals surface area contributed by atoms with Crippen molar-refractivity contribution >= 4 is 15.9 Å². The maximum Gasteiger partial charge on any atom is 0.254 e. The van der Waals surface area contributed by atoms with E-state index >= 15 is 0 Å². The Morgan fingerprint density at radius 3 is 1.89 bits per heavy atom. The van der Waals surface area contributed by atoms with E-state index in [4.69, 9.17) is 0 Å². The van der Waals surface area contributed by atoms with Gasteiger partial charge in [0.05, 0.1) is 4.90 Å². The van der Waals surface area contributed by atoms with Crippen LogP contribution in [0.1, 0.15) is 55.8 Å². The fourth-order valence-electron chi connectivity index (χ4n) is 6.23. The van der Waals surface area contributed by atoms with E-state index in [1.807, 2.05) is 0 Å². The molecule has 148 valence electrons. The topological polar surface area (TPSA) is 57.7 Å². The van der Waals surface area contributed by atoms with Crippen LogP contribution in [0.5, 0.6) is 0 Å². The van der Waals surface area contributed by atoms with Crippen LogP contribution < -0.4 is 0 Å². The molecule has 4 aliphatic rings. The van der Waals surface area contributed by atoms with Gasteiger partial charge in [0.1, 0.15) is 0 Å². The minimum Gasteiger partial charge on any atom is -0.333 e. The summed E-state index contributed by atoms with van der Waals surface area (Å²) in [4.78, 5) is 15.7. The van der Waals surface area contributed by atoms with E-state index in [0.29, 0.717) is 12.1 Å². The van der Waals surface area contributed by atoms with Crippen molar-refractivity contribution in [3.63, 3.8) is 0 Å². The van der Waals surface area contributed by atoms with Crippen LogP contribution in [-0.2, 0) is 10.0 Å². The van der Waals surface area contributed by atoms with Crippen LogP contribution in [0.2, 0.25) is 0 Å². The Morgan fingerprint density at radius 1 is 1.00 bits per heavy atom. The molecule has 0 saturated heterocycles. The van der Waals surface area contributed by atoms with Gasteiger partial charge in [0.2, 0.25) is 10.0 Å². The summed E-state index contributed by atoms with van der Waals surface area (Å²) in [6.45, 7) is 2.78. The van der Waals surface area contributed by atoms with E-state index in [1.54, 1.807) is 24.3 Å². The van der Waals surface area contributed by atoms with Gasteiger partial charge in [0.15, 0.2) is 0 Å². The zero-order valence-electron chi connectivity index (χ0n) is 16.5. The lowest BCUT2D eigenvalue weighted by Crippen LogP contribution is -2.61. The third kappa shape index (κ3) is 3.11. The standard InChI is InChI=1S/C21H30N2O3S/c1-4-23(21-12-15-9-16(13-21)11-17(10-15)14-21)20(24)18-5-7-19(8-6-18)27(25,26)22(2)3/h5-8,15-17H,4,9-14H2,1-3H3. The first-order valence-electron chi connectivity index (χ1n) is 10.1. The average molecular weight is 391 g/mol. The Hall–Kier alpha value is -1.40. The second-order valence-electron chi connectivity index (χ2n) is 9.00. The highest BCUT2D eigenvalue weighted by molar-refractivity contribution is 7.89. The van der Waals surface area contributed by atoms with Gasteiger partial charge < -0.3 is 4.90 Å². The van der Waals surface area contributed by atoms with Gasteiger partial charge in [-0.15, -0.1) is 0 Å². The van der Waals surface area contributed by atoms with E-state index in [-0.39, 0.29) is 16.3 Å². The molecule has 0 N–H and O–H groups in total. The molecule has 0 aliphatic heterocycles. The van der Waals surface area contributed by atoms with E-state index in [1.165, 1.54) is 37.7 Å². The van der Waals surface area contributed by atoms with Crippen molar-refractivity contribution in [2.75, 3.05) is 20.6 Å². The van der Waals surface area contributed by atoms with Crippen LogP contribution in [0.15, 0.2) is 29.2 Å². The van der Waals surface area contributed by atoms with Crippen molar-refractivity contribution in [2.24, 2.45) is 17.8 Å². The summed E-state index contributed by atoms with van der Waals surface area (Å²) < 4.78 is 25.7. The van der Waals surface area contributed by atoms with E-state index in [9.17, 15) is 13.2 Å². The molecule has 1 aromatic rings. The number of rotatable bonds is 5. The maximum atomic E-state index is 13.4. The summed E-state index contributed by atoms with van der Waals surface area (Å²) in [6.07, 6.45) is 7.48. The zero-order valence-corrected chi connectivity index (χ0v) is 17.3. The number of carbonyl (C=O) groups is 1. The minimum atomic E-state index is -3.47. The van der Waals surface area contributed by atoms with Crippen LogP contribution >= 0.6 is 0 Å². The summed E-state index contributed by atoms with van der Waals surface area (Å²) in [7, 11) is -0.445. The van der Waals surface area contributed by atoms with Crippen molar-refractivity contribution in [1.82, 2.24) is 9.21 Å². The van der Waals surface area contributed by atoms with Gasteiger partial charge in [-0.25, -0.2) is 12.7 Å². The van der Waals surface area contributed by atoms with E-state index in [2.05, 4.69) is 11.8 Å². The van der Waals surface area contributed by atoms with Crippen molar-refractivity contribution in [3.8, 4) is 0 Å². The molecule has 5 nitrogen and oxygen atoms in total. The first-order chi connectivity index (χ1) is 12.7. The Labute approximate surface area is 162 Å². The molecule has 4 fully saturated rings. The van der Waals surface area contributed by atoms with Crippen LogP contribution in [-0.4, -0.2) is 49.7 Å². The number of benzene rings is 1. The lowest BCUT2D eigenvalue weighted by Gasteiger charge is -2.60. The third-order valence-corrected chi connectivity index (χ3v) is 8.85. The Morgan fingerprint density at radius 2 is 1.48 bits per heavy atom. The highest BCUT2D eigenvalue weighted by atomic mass is 32.2. The van der Waals surface area contributed by atoms with Gasteiger partial charge in [-0.2, -0.15) is 0 Å². The molecule has 1 aromatic carbocycles. The molecule has 0 aromatic heterocycles. The maximum absolute atomic E-state index is 13.4. The van der Waals surface area contributed by atoms with E-state index in [0.717, 1.165) is 37.0 Å². The molecule has 4 aliphatic carbocycles. The third-order valence-electron chi connectivity index (χ3n) is 7.02. The number of hydrogen-bond acceptors (Lipinski definition) is 3. The second kappa shape index (κ2) is 6.59. The van der Waals surface area contributed by atoms with Crippen LogP contribution in [0.25, 0.3) is 0 Å². The highest BCUT2D eigenvalue weighted by Gasteiger charge is 2.54. The highest BCUT2D eigenvalue weighted by Crippen LogP contribution is 2.57. The molecule has 0 heterocycles. The van der Waals surface area contributed by atoms with Crippen LogP contribution in [0, 0.1) is 17.8 Å². The molecule has 4 saturated carbocycles. The molecule has 4 bridgehead atoms. The van der Waals surface area contributed by atoms with E-state index < -0.39 is 10.0 Å². The summed E-state index contributed by atoms with van der Waals surface area (Å²) in [5.41, 5.74) is 0.611. The second-order valence-corrected chi connectivity index (χ2v) is 11.2. The smallest absolute Gasteiger partial charge is 0.254 e. The molecule has 0 radical (unpaired) electrons. The summed E-state index contributed by atoms with van der Waals surface area (Å²) in [6, 6.07) is 6.44. The molecule has 1 amide bonds. The molecular formula is C21H30N2O3S. The Balaban J connectivity index is 1.60. The van der Waals surface area contributed by atoms with Gasteiger partial charge in [0.25, 0.3) is 5.91 Å². The monoisotopic (exact) mass is 390 g/mol. The zero-order chi connectivity index (χ0) is 19.4. The molecule has 0 atom stereocenters. The lowest BCUT2D eigenvalue weighted by atomic mass is 9.52. The first kappa shape index (κ1) is 18.9. The fourth-order valence-corrected chi connectivity index (χ4v) is 7.13. The molecule has 6 heteroatoms. The van der Waals surface area contributed by atoms with Gasteiger partial charge >= 0.3 is 0 Å². The minimum absolute atomic E-state index is 0.0228. The predicted octanol–water partition coefficient (Wildman–Crippen LogP) is 3.37. The van der Waals surface area contributed by atoms with Crippen LogP contribution in [0.3, 0.4) is 0 Å². The van der Waals surface area contributed by atoms with Gasteiger partial charge in [-0.1, -0.05) is 0 Å². The van der Waals surface area contributed by atoms with Gasteiger partial charge in [0, 0.05) is 31.7 Å². The molecule has 27 heavy (non-hydrogen) atoms. The normalized spacial score (nSPS) is 32.1. The Bertz CT molecular complexity index is 794.